The van der Waals surface area contributed by atoms with Crippen LogP contribution in [0, 0.1) is 0 Å². The quantitative estimate of drug-likeness (QED) is 0.777. The fourth-order valence-corrected chi connectivity index (χ4v) is 2.63. The summed E-state index contributed by atoms with van der Waals surface area (Å²) in [5.74, 6) is 0.646. The Balaban J connectivity index is 1.87. The van der Waals surface area contributed by atoms with Crippen LogP contribution in [0.15, 0.2) is 33.9 Å². The maximum Gasteiger partial charge on any atom is 0.277 e. The molecule has 0 spiro atoms. The molecule has 7 heteroatoms. The monoisotopic (exact) mass is 339 g/mol. The van der Waals surface area contributed by atoms with Gasteiger partial charge in [0, 0.05) is 16.6 Å². The van der Waals surface area contributed by atoms with Crippen LogP contribution < -0.4 is 5.32 Å². The van der Waals surface area contributed by atoms with E-state index < -0.39 is 0 Å². The van der Waals surface area contributed by atoms with Gasteiger partial charge in [-0.2, -0.15) is 0 Å². The van der Waals surface area contributed by atoms with Crippen LogP contribution in [0.2, 0.25) is 5.02 Å². The molecular weight excluding hydrogens is 322 g/mol. The van der Waals surface area contributed by atoms with E-state index in [0.29, 0.717) is 16.1 Å². The predicted molar refractivity (Wildman–Crippen MR) is 88.0 cm³/mol. The number of carbonyl (C=O) groups is 1. The second-order valence-electron chi connectivity index (χ2n) is 4.93. The lowest BCUT2D eigenvalue weighted by Crippen LogP contribution is -2.33. The highest BCUT2D eigenvalue weighted by Crippen LogP contribution is 2.24. The molecule has 0 unspecified atom stereocenters. The number of nitrogens with zero attached hydrogens (tertiary/aromatic N) is 2. The number of aromatic nitrogens is 2. The Hall–Kier alpha value is -1.53. The second-order valence-corrected chi connectivity index (χ2v) is 6.29. The number of hydrogen-bond acceptors (Lipinski definition) is 5. The number of rotatable bonds is 7. The van der Waals surface area contributed by atoms with Gasteiger partial charge in [0.2, 0.25) is 11.8 Å². The average Bonchev–Trinajstić information content (AvgIpc) is 2.95. The molecule has 118 valence electrons. The third-order valence-corrected chi connectivity index (χ3v) is 4.02. The summed E-state index contributed by atoms with van der Waals surface area (Å²) >= 11 is 7.07. The third-order valence-electron chi connectivity index (χ3n) is 2.95. The molecular formula is C15H18ClN3O2S. The van der Waals surface area contributed by atoms with Crippen molar-refractivity contribution in [2.24, 2.45) is 0 Å². The summed E-state index contributed by atoms with van der Waals surface area (Å²) < 4.78 is 5.53. The molecule has 1 amide bonds. The van der Waals surface area contributed by atoms with E-state index in [1.54, 1.807) is 12.1 Å². The molecule has 0 saturated carbocycles. The summed E-state index contributed by atoms with van der Waals surface area (Å²) in [6, 6.07) is 7.32. The Labute approximate surface area is 138 Å². The van der Waals surface area contributed by atoms with Crippen molar-refractivity contribution in [3.05, 3.63) is 29.3 Å². The van der Waals surface area contributed by atoms with Gasteiger partial charge in [0.15, 0.2) is 0 Å². The van der Waals surface area contributed by atoms with Gasteiger partial charge in [0.05, 0.1) is 5.75 Å². The summed E-state index contributed by atoms with van der Waals surface area (Å²) in [5.41, 5.74) is 0.796. The fraction of sp³-hybridized carbons (Fsp3) is 0.400. The van der Waals surface area contributed by atoms with Gasteiger partial charge in [-0.05, 0) is 37.6 Å². The van der Waals surface area contributed by atoms with Crippen LogP contribution >= 0.6 is 23.4 Å². The van der Waals surface area contributed by atoms with Crippen LogP contribution in [-0.2, 0) is 4.79 Å². The van der Waals surface area contributed by atoms with Crippen molar-refractivity contribution in [2.45, 2.75) is 38.0 Å². The number of thioether (sulfide) groups is 1. The van der Waals surface area contributed by atoms with E-state index in [4.69, 9.17) is 16.0 Å². The lowest BCUT2D eigenvalue weighted by molar-refractivity contribution is -0.119. The maximum atomic E-state index is 11.8. The molecule has 1 aromatic heterocycles. The van der Waals surface area contributed by atoms with E-state index in [1.807, 2.05) is 19.1 Å². The molecule has 0 aliphatic carbocycles. The molecule has 0 aliphatic heterocycles. The Morgan fingerprint density at radius 2 is 2.09 bits per heavy atom. The van der Waals surface area contributed by atoms with Crippen LogP contribution in [0.5, 0.6) is 0 Å². The Morgan fingerprint density at radius 3 is 2.77 bits per heavy atom. The number of carbonyl (C=O) groups excluding carboxylic acids is 1. The summed E-state index contributed by atoms with van der Waals surface area (Å²) in [6.07, 6.45) is 2.01. The normalized spacial score (nSPS) is 12.1. The molecule has 2 rings (SSSR count). The largest absolute Gasteiger partial charge is 0.411 e. The number of benzene rings is 1. The number of amides is 1. The van der Waals surface area contributed by atoms with Crippen LogP contribution in [0.25, 0.3) is 11.5 Å². The summed E-state index contributed by atoms with van der Waals surface area (Å²) in [7, 11) is 0. The number of nitrogens with one attached hydrogen (secondary N) is 1. The van der Waals surface area contributed by atoms with E-state index in [9.17, 15) is 4.79 Å². The van der Waals surface area contributed by atoms with E-state index >= 15 is 0 Å². The molecule has 0 fully saturated rings. The van der Waals surface area contributed by atoms with Crippen molar-refractivity contribution in [3.8, 4) is 11.5 Å². The minimum atomic E-state index is -0.0304. The molecule has 1 heterocycles. The molecule has 0 saturated heterocycles. The van der Waals surface area contributed by atoms with Gasteiger partial charge in [-0.1, -0.05) is 36.7 Å². The van der Waals surface area contributed by atoms with Crippen molar-refractivity contribution >= 4 is 29.3 Å². The van der Waals surface area contributed by atoms with Crippen molar-refractivity contribution < 1.29 is 9.21 Å². The fourth-order valence-electron chi connectivity index (χ4n) is 1.93. The van der Waals surface area contributed by atoms with E-state index in [2.05, 4.69) is 22.4 Å². The summed E-state index contributed by atoms with van der Waals surface area (Å²) in [6.45, 7) is 4.09. The van der Waals surface area contributed by atoms with Crippen molar-refractivity contribution in [1.82, 2.24) is 15.5 Å². The average molecular weight is 340 g/mol. The van der Waals surface area contributed by atoms with E-state index in [1.165, 1.54) is 11.8 Å². The molecule has 0 radical (unpaired) electrons. The zero-order chi connectivity index (χ0) is 15.9. The lowest BCUT2D eigenvalue weighted by Gasteiger charge is -2.11. The second kappa shape index (κ2) is 8.19. The third kappa shape index (κ3) is 5.03. The molecule has 1 atom stereocenters. The Bertz CT molecular complexity index is 616. The first-order chi connectivity index (χ1) is 10.6. The van der Waals surface area contributed by atoms with Gasteiger partial charge in [-0.25, -0.2) is 0 Å². The maximum absolute atomic E-state index is 11.8. The van der Waals surface area contributed by atoms with Crippen LogP contribution in [0.3, 0.4) is 0 Å². The van der Waals surface area contributed by atoms with Gasteiger partial charge in [-0.15, -0.1) is 10.2 Å². The molecule has 5 nitrogen and oxygen atoms in total. The minimum absolute atomic E-state index is 0.0304. The molecule has 0 aliphatic rings. The minimum Gasteiger partial charge on any atom is -0.411 e. The zero-order valence-corrected chi connectivity index (χ0v) is 14.1. The Kier molecular flexibility index (Phi) is 6.27. The first-order valence-corrected chi connectivity index (χ1v) is 8.46. The molecule has 2 aromatic rings. The summed E-state index contributed by atoms with van der Waals surface area (Å²) in [4.78, 5) is 11.8. The summed E-state index contributed by atoms with van der Waals surface area (Å²) in [5, 5.41) is 11.9. The highest BCUT2D eigenvalue weighted by molar-refractivity contribution is 7.99. The standard InChI is InChI=1S/C15H18ClN3O2S/c1-3-4-10(2)17-13(20)9-22-15-19-18-14(21-15)11-5-7-12(16)8-6-11/h5-8,10H,3-4,9H2,1-2H3,(H,17,20)/t10-/m1/s1. The van der Waals surface area contributed by atoms with E-state index in [-0.39, 0.29) is 17.7 Å². The van der Waals surface area contributed by atoms with Crippen molar-refractivity contribution in [1.29, 1.82) is 0 Å². The molecule has 0 bridgehead atoms. The SMILES string of the molecule is CCC[C@@H](C)NC(=O)CSc1nnc(-c2ccc(Cl)cc2)o1. The van der Waals surface area contributed by atoms with Gasteiger partial charge >= 0.3 is 0 Å². The number of halogens is 1. The Morgan fingerprint density at radius 1 is 1.36 bits per heavy atom. The van der Waals surface area contributed by atoms with Gasteiger partial charge < -0.3 is 9.73 Å². The molecule has 22 heavy (non-hydrogen) atoms. The molecule has 1 aromatic carbocycles. The highest BCUT2D eigenvalue weighted by Gasteiger charge is 2.12. The van der Waals surface area contributed by atoms with Crippen molar-refractivity contribution in [2.75, 3.05) is 5.75 Å². The van der Waals surface area contributed by atoms with Gasteiger partial charge in [-0.3, -0.25) is 4.79 Å². The first kappa shape index (κ1) is 16.8. The predicted octanol–water partition coefficient (Wildman–Crippen LogP) is 3.79. The lowest BCUT2D eigenvalue weighted by atomic mass is 10.2. The van der Waals surface area contributed by atoms with Gasteiger partial charge in [0.1, 0.15) is 0 Å². The van der Waals surface area contributed by atoms with Crippen molar-refractivity contribution in [3.63, 3.8) is 0 Å². The first-order valence-electron chi connectivity index (χ1n) is 7.10. The molecule has 1 N–H and O–H groups in total. The number of hydrogen-bond donors (Lipinski definition) is 1. The topological polar surface area (TPSA) is 68.0 Å². The van der Waals surface area contributed by atoms with E-state index in [0.717, 1.165) is 18.4 Å². The zero-order valence-electron chi connectivity index (χ0n) is 12.5. The smallest absolute Gasteiger partial charge is 0.277 e. The van der Waals surface area contributed by atoms with Crippen LogP contribution in [0.4, 0.5) is 0 Å². The van der Waals surface area contributed by atoms with Gasteiger partial charge in [0.25, 0.3) is 5.22 Å². The van der Waals surface area contributed by atoms with Crippen LogP contribution in [0.1, 0.15) is 26.7 Å². The van der Waals surface area contributed by atoms with Crippen LogP contribution in [-0.4, -0.2) is 27.9 Å². The highest BCUT2D eigenvalue weighted by atomic mass is 35.5.